The first-order valence-corrected chi connectivity index (χ1v) is 10.8. The van der Waals surface area contributed by atoms with Crippen LogP contribution in [0.15, 0.2) is 39.8 Å². The molecular weight excluding hydrogens is 395 g/mol. The zero-order valence-electron chi connectivity index (χ0n) is 13.2. The SMILES string of the molecule is O=S1(=O)CC[C@@H](N(Cc2ccco2)S(=O)(=O)c2ccc(F)c(F)c2F)C1. The molecule has 6 nitrogen and oxygen atoms in total. The Morgan fingerprint density at radius 2 is 1.88 bits per heavy atom. The van der Waals surface area contributed by atoms with E-state index in [1.807, 2.05) is 0 Å². The van der Waals surface area contributed by atoms with Gasteiger partial charge in [0.15, 0.2) is 27.3 Å². The molecule has 0 saturated carbocycles. The average molecular weight is 409 g/mol. The van der Waals surface area contributed by atoms with Crippen LogP contribution in [0.3, 0.4) is 0 Å². The number of furan rings is 1. The summed E-state index contributed by atoms with van der Waals surface area (Å²) < 4.78 is 95.9. The van der Waals surface area contributed by atoms with E-state index in [1.54, 1.807) is 0 Å². The van der Waals surface area contributed by atoms with E-state index in [1.165, 1.54) is 18.4 Å². The van der Waals surface area contributed by atoms with E-state index in [0.717, 1.165) is 4.31 Å². The summed E-state index contributed by atoms with van der Waals surface area (Å²) in [5, 5.41) is 0. The third-order valence-corrected chi connectivity index (χ3v) is 7.76. The summed E-state index contributed by atoms with van der Waals surface area (Å²) in [6.07, 6.45) is 1.30. The lowest BCUT2D eigenvalue weighted by Gasteiger charge is -2.26. The molecule has 0 amide bonds. The van der Waals surface area contributed by atoms with Gasteiger partial charge in [0.05, 0.1) is 24.3 Å². The summed E-state index contributed by atoms with van der Waals surface area (Å²) in [7, 11) is -8.10. The second-order valence-electron chi connectivity index (χ2n) is 5.86. The van der Waals surface area contributed by atoms with E-state index in [9.17, 15) is 30.0 Å². The molecule has 0 radical (unpaired) electrons. The van der Waals surface area contributed by atoms with Crippen molar-refractivity contribution in [2.45, 2.75) is 23.9 Å². The highest BCUT2D eigenvalue weighted by Crippen LogP contribution is 2.29. The van der Waals surface area contributed by atoms with Gasteiger partial charge >= 0.3 is 0 Å². The summed E-state index contributed by atoms with van der Waals surface area (Å²) in [5.74, 6) is -5.76. The number of rotatable bonds is 5. The summed E-state index contributed by atoms with van der Waals surface area (Å²) in [6.45, 7) is -0.367. The molecule has 11 heteroatoms. The minimum Gasteiger partial charge on any atom is -0.468 e. The number of halogens is 3. The van der Waals surface area contributed by atoms with Gasteiger partial charge in [-0.25, -0.2) is 30.0 Å². The van der Waals surface area contributed by atoms with Gasteiger partial charge in [0, 0.05) is 6.04 Å². The Balaban J connectivity index is 2.07. The summed E-state index contributed by atoms with van der Waals surface area (Å²) in [5.41, 5.74) is 0. The first kappa shape index (κ1) is 18.9. The van der Waals surface area contributed by atoms with E-state index < -0.39 is 54.0 Å². The van der Waals surface area contributed by atoms with Crippen LogP contribution in [0.5, 0.6) is 0 Å². The van der Waals surface area contributed by atoms with Crippen LogP contribution in [-0.4, -0.2) is 38.7 Å². The van der Waals surface area contributed by atoms with Crippen LogP contribution in [0.1, 0.15) is 12.2 Å². The van der Waals surface area contributed by atoms with Crippen molar-refractivity contribution in [3.05, 3.63) is 53.7 Å². The maximum Gasteiger partial charge on any atom is 0.246 e. The molecule has 2 heterocycles. The molecule has 1 aliphatic rings. The molecule has 1 aromatic heterocycles. The smallest absolute Gasteiger partial charge is 0.246 e. The van der Waals surface area contributed by atoms with Gasteiger partial charge in [0.2, 0.25) is 10.0 Å². The van der Waals surface area contributed by atoms with E-state index >= 15 is 0 Å². The first-order chi connectivity index (χ1) is 12.1. The molecule has 1 atom stereocenters. The standard InChI is InChI=1S/C15H14F3NO5S2/c16-12-3-4-13(15(18)14(12)17)26(22,23)19(8-11-2-1-6-24-11)10-5-7-25(20,21)9-10/h1-4,6,10H,5,7-9H2/t10-/m1/s1. The van der Waals surface area contributed by atoms with Gasteiger partial charge < -0.3 is 4.42 Å². The van der Waals surface area contributed by atoms with E-state index in [-0.39, 0.29) is 24.5 Å². The Morgan fingerprint density at radius 1 is 1.15 bits per heavy atom. The van der Waals surface area contributed by atoms with Crippen molar-refractivity contribution in [1.29, 1.82) is 0 Å². The predicted octanol–water partition coefficient (Wildman–Crippen LogP) is 2.07. The fourth-order valence-electron chi connectivity index (χ4n) is 2.80. The highest BCUT2D eigenvalue weighted by Gasteiger charge is 2.40. The number of sulfone groups is 1. The van der Waals surface area contributed by atoms with Crippen LogP contribution in [0.25, 0.3) is 0 Å². The molecule has 142 valence electrons. The molecule has 0 spiro atoms. The van der Waals surface area contributed by atoms with Crippen LogP contribution >= 0.6 is 0 Å². The lowest BCUT2D eigenvalue weighted by molar-refractivity contribution is 0.304. The van der Waals surface area contributed by atoms with Crippen molar-refractivity contribution < 1.29 is 34.4 Å². The van der Waals surface area contributed by atoms with Crippen molar-refractivity contribution >= 4 is 19.9 Å². The van der Waals surface area contributed by atoms with Crippen LogP contribution in [-0.2, 0) is 26.4 Å². The van der Waals surface area contributed by atoms with E-state index in [0.29, 0.717) is 12.1 Å². The molecule has 1 saturated heterocycles. The first-order valence-electron chi connectivity index (χ1n) is 7.50. The third kappa shape index (κ3) is 3.51. The predicted molar refractivity (Wildman–Crippen MR) is 84.8 cm³/mol. The summed E-state index contributed by atoms with van der Waals surface area (Å²) >= 11 is 0. The second kappa shape index (κ2) is 6.71. The number of hydrogen-bond acceptors (Lipinski definition) is 5. The van der Waals surface area contributed by atoms with Crippen LogP contribution in [0, 0.1) is 17.5 Å². The molecule has 26 heavy (non-hydrogen) atoms. The molecule has 2 aromatic rings. The van der Waals surface area contributed by atoms with Gasteiger partial charge in [-0.3, -0.25) is 0 Å². The van der Waals surface area contributed by atoms with Crippen LogP contribution in [0.2, 0.25) is 0 Å². The normalized spacial score (nSPS) is 19.9. The topological polar surface area (TPSA) is 84.7 Å². The van der Waals surface area contributed by atoms with Crippen LogP contribution < -0.4 is 0 Å². The average Bonchev–Trinajstić information content (AvgIpc) is 3.19. The van der Waals surface area contributed by atoms with Crippen molar-refractivity contribution in [2.75, 3.05) is 11.5 Å². The zero-order chi connectivity index (χ0) is 19.1. The molecule has 0 bridgehead atoms. The Hall–Kier alpha value is -1.85. The fraction of sp³-hybridized carbons (Fsp3) is 0.333. The van der Waals surface area contributed by atoms with E-state index in [4.69, 9.17) is 4.42 Å². The second-order valence-corrected chi connectivity index (χ2v) is 9.95. The highest BCUT2D eigenvalue weighted by atomic mass is 32.2. The van der Waals surface area contributed by atoms with Crippen molar-refractivity contribution in [1.82, 2.24) is 4.31 Å². The van der Waals surface area contributed by atoms with Gasteiger partial charge in [-0.05, 0) is 30.7 Å². The Bertz CT molecular complexity index is 1020. The summed E-state index contributed by atoms with van der Waals surface area (Å²) in [6, 6.07) is 3.11. The molecule has 0 aliphatic carbocycles. The van der Waals surface area contributed by atoms with Gasteiger partial charge in [0.1, 0.15) is 10.7 Å². The zero-order valence-corrected chi connectivity index (χ0v) is 14.9. The van der Waals surface area contributed by atoms with Crippen molar-refractivity contribution in [2.24, 2.45) is 0 Å². The van der Waals surface area contributed by atoms with E-state index in [2.05, 4.69) is 0 Å². The minimum absolute atomic E-state index is 0.00751. The molecule has 1 fully saturated rings. The van der Waals surface area contributed by atoms with Gasteiger partial charge in [0.25, 0.3) is 0 Å². The maximum atomic E-state index is 14.1. The lowest BCUT2D eigenvalue weighted by atomic mass is 10.2. The third-order valence-electron chi connectivity index (χ3n) is 4.09. The number of hydrogen-bond donors (Lipinski definition) is 0. The molecular formula is C15H14F3NO5S2. The molecule has 3 rings (SSSR count). The fourth-order valence-corrected chi connectivity index (χ4v) is 6.31. The van der Waals surface area contributed by atoms with Crippen molar-refractivity contribution in [3.8, 4) is 0 Å². The Morgan fingerprint density at radius 3 is 2.46 bits per heavy atom. The van der Waals surface area contributed by atoms with Crippen LogP contribution in [0.4, 0.5) is 13.2 Å². The highest BCUT2D eigenvalue weighted by molar-refractivity contribution is 7.92. The largest absolute Gasteiger partial charge is 0.468 e. The number of nitrogens with zero attached hydrogens (tertiary/aromatic N) is 1. The van der Waals surface area contributed by atoms with Crippen molar-refractivity contribution in [3.63, 3.8) is 0 Å². The van der Waals surface area contributed by atoms with Gasteiger partial charge in [-0.2, -0.15) is 4.31 Å². The monoisotopic (exact) mass is 409 g/mol. The van der Waals surface area contributed by atoms with Gasteiger partial charge in [-0.15, -0.1) is 0 Å². The number of sulfonamides is 1. The molecule has 1 aromatic carbocycles. The molecule has 0 unspecified atom stereocenters. The summed E-state index contributed by atoms with van der Waals surface area (Å²) in [4.78, 5) is -1.06. The van der Waals surface area contributed by atoms with Gasteiger partial charge in [-0.1, -0.05) is 0 Å². The quantitative estimate of drug-likeness (QED) is 0.706. The minimum atomic E-state index is -4.65. The molecule has 0 N–H and O–H groups in total. The Labute approximate surface area is 148 Å². The number of benzene rings is 1. The lowest BCUT2D eigenvalue weighted by Crippen LogP contribution is -2.41. The molecule has 1 aliphatic heterocycles. The maximum absolute atomic E-state index is 14.1. The Kier molecular flexibility index (Phi) is 4.88.